The zero-order valence-corrected chi connectivity index (χ0v) is 15.8. The molecule has 1 atom stereocenters. The predicted octanol–water partition coefficient (Wildman–Crippen LogP) is 2.71. The number of imide groups is 1. The van der Waals surface area contributed by atoms with Crippen molar-refractivity contribution < 1.29 is 19.1 Å². The molecule has 6 heteroatoms. The van der Waals surface area contributed by atoms with Gasteiger partial charge < -0.3 is 14.8 Å². The van der Waals surface area contributed by atoms with Gasteiger partial charge in [0.05, 0.1) is 7.11 Å². The number of rotatable bonds is 6. The molecule has 0 unspecified atom stereocenters. The van der Waals surface area contributed by atoms with Crippen LogP contribution in [0.2, 0.25) is 0 Å². The van der Waals surface area contributed by atoms with Gasteiger partial charge in [0, 0.05) is 25.2 Å². The Kier molecular flexibility index (Phi) is 5.51. The minimum atomic E-state index is -0.407. The Morgan fingerprint density at radius 1 is 1.23 bits per heavy atom. The van der Waals surface area contributed by atoms with E-state index in [1.165, 1.54) is 4.90 Å². The zero-order chi connectivity index (χ0) is 18.7. The molecule has 2 aliphatic heterocycles. The van der Waals surface area contributed by atoms with E-state index in [4.69, 9.17) is 9.47 Å². The molecule has 142 valence electrons. The number of benzene rings is 1. The highest BCUT2D eigenvalue weighted by Gasteiger charge is 2.44. The summed E-state index contributed by atoms with van der Waals surface area (Å²) in [4.78, 5) is 26.7. The first-order valence-corrected chi connectivity index (χ1v) is 9.29. The SMILES string of the molecule is COc1ccc(C2(CN3C(=O)N[C@@H](CC(C)C)C3=O)CCOCC2)cc1. The summed E-state index contributed by atoms with van der Waals surface area (Å²) in [5.41, 5.74) is 0.846. The molecule has 0 saturated carbocycles. The molecular weight excluding hydrogens is 332 g/mol. The summed E-state index contributed by atoms with van der Waals surface area (Å²) in [5, 5.41) is 2.85. The molecule has 0 bridgehead atoms. The largest absolute Gasteiger partial charge is 0.497 e. The Morgan fingerprint density at radius 3 is 2.46 bits per heavy atom. The van der Waals surface area contributed by atoms with Crippen LogP contribution in [0.3, 0.4) is 0 Å². The van der Waals surface area contributed by atoms with Crippen molar-refractivity contribution >= 4 is 11.9 Å². The third-order valence-electron chi connectivity index (χ3n) is 5.43. The van der Waals surface area contributed by atoms with Crippen molar-refractivity contribution in [1.29, 1.82) is 0 Å². The first-order valence-electron chi connectivity index (χ1n) is 9.29. The van der Waals surface area contributed by atoms with E-state index in [1.807, 2.05) is 24.3 Å². The molecule has 26 heavy (non-hydrogen) atoms. The lowest BCUT2D eigenvalue weighted by atomic mass is 9.73. The number of nitrogens with one attached hydrogen (secondary N) is 1. The summed E-state index contributed by atoms with van der Waals surface area (Å²) >= 11 is 0. The van der Waals surface area contributed by atoms with Crippen molar-refractivity contribution in [3.05, 3.63) is 29.8 Å². The molecule has 0 radical (unpaired) electrons. The standard InChI is InChI=1S/C20H28N2O4/c1-14(2)12-17-18(23)22(19(24)21-17)13-20(8-10-26-11-9-20)15-4-6-16(25-3)7-5-15/h4-7,14,17H,8-13H2,1-3H3,(H,21,24)/t17-/m0/s1. The molecule has 0 aromatic heterocycles. The van der Waals surface area contributed by atoms with Crippen molar-refractivity contribution in [3.63, 3.8) is 0 Å². The van der Waals surface area contributed by atoms with E-state index in [0.717, 1.165) is 24.2 Å². The molecule has 2 fully saturated rings. The lowest BCUT2D eigenvalue weighted by Gasteiger charge is -2.39. The smallest absolute Gasteiger partial charge is 0.324 e. The summed E-state index contributed by atoms with van der Waals surface area (Å²) in [5.74, 6) is 1.04. The number of carbonyl (C=O) groups excluding carboxylic acids is 2. The van der Waals surface area contributed by atoms with E-state index in [9.17, 15) is 9.59 Å². The number of ether oxygens (including phenoxy) is 2. The number of hydrogen-bond donors (Lipinski definition) is 1. The third-order valence-corrected chi connectivity index (χ3v) is 5.43. The Labute approximate surface area is 154 Å². The second-order valence-corrected chi connectivity index (χ2v) is 7.68. The topological polar surface area (TPSA) is 67.9 Å². The molecule has 2 aliphatic rings. The number of hydrogen-bond acceptors (Lipinski definition) is 4. The summed E-state index contributed by atoms with van der Waals surface area (Å²) < 4.78 is 10.8. The van der Waals surface area contributed by atoms with Crippen molar-refractivity contribution in [2.45, 2.75) is 44.6 Å². The van der Waals surface area contributed by atoms with Crippen molar-refractivity contribution in [3.8, 4) is 5.75 Å². The number of carbonyl (C=O) groups is 2. The van der Waals surface area contributed by atoms with Crippen LogP contribution in [-0.2, 0) is 14.9 Å². The molecule has 1 aromatic rings. The minimum absolute atomic E-state index is 0.108. The van der Waals surface area contributed by atoms with Gasteiger partial charge in [-0.15, -0.1) is 0 Å². The predicted molar refractivity (Wildman–Crippen MR) is 98.2 cm³/mol. The van der Waals surface area contributed by atoms with Crippen molar-refractivity contribution in [2.75, 3.05) is 26.9 Å². The molecule has 0 spiro atoms. The summed E-state index contributed by atoms with van der Waals surface area (Å²) in [6, 6.07) is 7.25. The van der Waals surface area contributed by atoms with Crippen molar-refractivity contribution in [2.24, 2.45) is 5.92 Å². The number of methoxy groups -OCH3 is 1. The molecule has 3 rings (SSSR count). The van der Waals surface area contributed by atoms with Crippen LogP contribution in [-0.4, -0.2) is 49.7 Å². The van der Waals surface area contributed by atoms with Gasteiger partial charge in [0.15, 0.2) is 0 Å². The van der Waals surface area contributed by atoms with E-state index in [-0.39, 0.29) is 17.4 Å². The average molecular weight is 360 g/mol. The quantitative estimate of drug-likeness (QED) is 0.792. The van der Waals surface area contributed by atoms with E-state index in [0.29, 0.717) is 32.1 Å². The molecule has 6 nitrogen and oxygen atoms in total. The Morgan fingerprint density at radius 2 is 1.88 bits per heavy atom. The van der Waals surface area contributed by atoms with E-state index < -0.39 is 6.04 Å². The normalized spacial score (nSPS) is 22.6. The van der Waals surface area contributed by atoms with Crippen LogP contribution in [0, 0.1) is 5.92 Å². The van der Waals surface area contributed by atoms with Gasteiger partial charge in [-0.05, 0) is 42.9 Å². The minimum Gasteiger partial charge on any atom is -0.497 e. The first-order chi connectivity index (χ1) is 12.4. The van der Waals surface area contributed by atoms with Gasteiger partial charge in [0.25, 0.3) is 5.91 Å². The molecule has 3 amide bonds. The number of amides is 3. The van der Waals surface area contributed by atoms with Gasteiger partial charge >= 0.3 is 6.03 Å². The van der Waals surface area contributed by atoms with Crippen LogP contribution in [0.4, 0.5) is 4.79 Å². The maximum absolute atomic E-state index is 12.8. The second-order valence-electron chi connectivity index (χ2n) is 7.68. The van der Waals surface area contributed by atoms with Crippen molar-refractivity contribution in [1.82, 2.24) is 10.2 Å². The van der Waals surface area contributed by atoms with Gasteiger partial charge in [-0.3, -0.25) is 9.69 Å². The van der Waals surface area contributed by atoms with Gasteiger partial charge in [0.2, 0.25) is 0 Å². The fraction of sp³-hybridized carbons (Fsp3) is 0.600. The highest BCUT2D eigenvalue weighted by atomic mass is 16.5. The monoisotopic (exact) mass is 360 g/mol. The molecule has 1 N–H and O–H groups in total. The van der Waals surface area contributed by atoms with Crippen LogP contribution in [0.1, 0.15) is 38.7 Å². The van der Waals surface area contributed by atoms with Gasteiger partial charge in [-0.25, -0.2) is 4.79 Å². The van der Waals surface area contributed by atoms with Gasteiger partial charge in [0.1, 0.15) is 11.8 Å². The Hall–Kier alpha value is -2.08. The van der Waals surface area contributed by atoms with Crippen LogP contribution >= 0.6 is 0 Å². The van der Waals surface area contributed by atoms with Crippen LogP contribution in [0.25, 0.3) is 0 Å². The van der Waals surface area contributed by atoms with E-state index >= 15 is 0 Å². The molecule has 1 aromatic carbocycles. The van der Waals surface area contributed by atoms with Gasteiger partial charge in [-0.2, -0.15) is 0 Å². The maximum atomic E-state index is 12.8. The fourth-order valence-corrected chi connectivity index (χ4v) is 3.91. The average Bonchev–Trinajstić information content (AvgIpc) is 2.89. The second kappa shape index (κ2) is 7.66. The first kappa shape index (κ1) is 18.7. The molecule has 0 aliphatic carbocycles. The maximum Gasteiger partial charge on any atom is 0.324 e. The van der Waals surface area contributed by atoms with Crippen LogP contribution in [0.15, 0.2) is 24.3 Å². The summed E-state index contributed by atoms with van der Waals surface area (Å²) in [6.07, 6.45) is 2.23. The van der Waals surface area contributed by atoms with E-state index in [1.54, 1.807) is 7.11 Å². The summed E-state index contributed by atoms with van der Waals surface area (Å²) in [6.45, 7) is 5.76. The lowest BCUT2D eigenvalue weighted by molar-refractivity contribution is -0.128. The number of nitrogens with zero attached hydrogens (tertiary/aromatic N) is 1. The zero-order valence-electron chi connectivity index (χ0n) is 15.8. The van der Waals surface area contributed by atoms with Gasteiger partial charge in [-0.1, -0.05) is 26.0 Å². The van der Waals surface area contributed by atoms with E-state index in [2.05, 4.69) is 19.2 Å². The number of urea groups is 1. The Balaban J connectivity index is 1.84. The summed E-state index contributed by atoms with van der Waals surface area (Å²) in [7, 11) is 1.64. The molecular formula is C20H28N2O4. The molecule has 2 saturated heterocycles. The Bertz CT molecular complexity index is 650. The van der Waals surface area contributed by atoms with Crippen LogP contribution in [0.5, 0.6) is 5.75 Å². The highest BCUT2D eigenvalue weighted by Crippen LogP contribution is 2.37. The van der Waals surface area contributed by atoms with Crippen LogP contribution < -0.4 is 10.1 Å². The third kappa shape index (κ3) is 3.70. The highest BCUT2D eigenvalue weighted by molar-refractivity contribution is 6.04. The molecule has 2 heterocycles. The fourth-order valence-electron chi connectivity index (χ4n) is 3.91. The lowest BCUT2D eigenvalue weighted by Crippen LogP contribution is -2.47.